The molecular formula is C18H14BrFO3. The Balaban J connectivity index is 2.18. The first-order valence-electron chi connectivity index (χ1n) is 6.86. The number of hydrogen-bond acceptors (Lipinski definition) is 3. The molecule has 0 N–H and O–H groups in total. The summed E-state index contributed by atoms with van der Waals surface area (Å²) in [6.07, 6.45) is 1.39. The van der Waals surface area contributed by atoms with Crippen molar-refractivity contribution in [3.05, 3.63) is 75.5 Å². The van der Waals surface area contributed by atoms with Gasteiger partial charge >= 0.3 is 5.97 Å². The van der Waals surface area contributed by atoms with Crippen LogP contribution in [0.15, 0.2) is 58.6 Å². The van der Waals surface area contributed by atoms with Crippen LogP contribution in [0.25, 0.3) is 6.08 Å². The molecule has 0 unspecified atom stereocenters. The second kappa shape index (κ2) is 7.83. The largest absolute Gasteiger partial charge is 0.457 e. The summed E-state index contributed by atoms with van der Waals surface area (Å²) < 4.78 is 18.7. The minimum Gasteiger partial charge on any atom is -0.457 e. The molecule has 0 aliphatic carbocycles. The quantitative estimate of drug-likeness (QED) is 0.338. The van der Waals surface area contributed by atoms with Crippen LogP contribution < -0.4 is 0 Å². The number of ether oxygens (including phenoxy) is 1. The van der Waals surface area contributed by atoms with Crippen molar-refractivity contribution in [2.24, 2.45) is 0 Å². The maximum absolute atomic E-state index is 13.1. The molecule has 3 nitrogen and oxygen atoms in total. The highest BCUT2D eigenvalue weighted by atomic mass is 79.9. The zero-order valence-electron chi connectivity index (χ0n) is 12.4. The van der Waals surface area contributed by atoms with Crippen molar-refractivity contribution in [2.45, 2.75) is 13.5 Å². The summed E-state index contributed by atoms with van der Waals surface area (Å²) >= 11 is 3.20. The van der Waals surface area contributed by atoms with E-state index in [0.29, 0.717) is 10.0 Å². The van der Waals surface area contributed by atoms with E-state index >= 15 is 0 Å². The lowest BCUT2D eigenvalue weighted by Gasteiger charge is -2.07. The summed E-state index contributed by atoms with van der Waals surface area (Å²) in [7, 11) is 0. The number of benzene rings is 2. The summed E-state index contributed by atoms with van der Waals surface area (Å²) in [6, 6.07) is 13.2. The number of hydrogen-bond donors (Lipinski definition) is 0. The molecule has 0 fully saturated rings. The second-order valence-corrected chi connectivity index (χ2v) is 5.70. The Morgan fingerprint density at radius 1 is 1.17 bits per heavy atom. The summed E-state index contributed by atoms with van der Waals surface area (Å²) in [6.45, 7) is 1.36. The van der Waals surface area contributed by atoms with E-state index in [1.807, 2.05) is 30.3 Å². The Hall–Kier alpha value is -2.27. The van der Waals surface area contributed by atoms with Crippen LogP contribution in [0.4, 0.5) is 4.39 Å². The van der Waals surface area contributed by atoms with Crippen molar-refractivity contribution in [1.29, 1.82) is 0 Å². The lowest BCUT2D eigenvalue weighted by Crippen LogP contribution is -2.13. The molecule has 0 aromatic heterocycles. The summed E-state index contributed by atoms with van der Waals surface area (Å²) in [5.41, 5.74) is 1.26. The van der Waals surface area contributed by atoms with E-state index in [4.69, 9.17) is 4.74 Å². The van der Waals surface area contributed by atoms with E-state index in [9.17, 15) is 14.0 Å². The van der Waals surface area contributed by atoms with Gasteiger partial charge in [0.1, 0.15) is 18.0 Å². The molecular weight excluding hydrogens is 363 g/mol. The smallest absolute Gasteiger partial charge is 0.342 e. The van der Waals surface area contributed by atoms with Gasteiger partial charge in [-0.1, -0.05) is 52.3 Å². The zero-order chi connectivity index (χ0) is 16.8. The van der Waals surface area contributed by atoms with Gasteiger partial charge in [0.25, 0.3) is 0 Å². The molecule has 0 spiro atoms. The first-order valence-corrected chi connectivity index (χ1v) is 7.65. The molecule has 0 amide bonds. The Bertz CT molecular complexity index is 754. The molecule has 0 radical (unpaired) electrons. The molecule has 118 valence electrons. The maximum atomic E-state index is 13.1. The van der Waals surface area contributed by atoms with Gasteiger partial charge in [0.05, 0.1) is 0 Å². The molecule has 23 heavy (non-hydrogen) atoms. The molecule has 2 aromatic rings. The molecule has 0 bridgehead atoms. The van der Waals surface area contributed by atoms with E-state index in [0.717, 1.165) is 5.56 Å². The predicted octanol–water partition coefficient (Wildman–Crippen LogP) is 4.30. The third-order valence-electron chi connectivity index (χ3n) is 3.07. The fourth-order valence-electron chi connectivity index (χ4n) is 1.88. The normalized spacial score (nSPS) is 11.2. The van der Waals surface area contributed by atoms with Crippen molar-refractivity contribution >= 4 is 33.8 Å². The van der Waals surface area contributed by atoms with E-state index in [2.05, 4.69) is 15.9 Å². The number of rotatable bonds is 5. The molecule has 2 rings (SSSR count). The predicted molar refractivity (Wildman–Crippen MR) is 89.0 cm³/mol. The summed E-state index contributed by atoms with van der Waals surface area (Å²) in [4.78, 5) is 23.9. The van der Waals surface area contributed by atoms with Gasteiger partial charge in [0.15, 0.2) is 5.78 Å². The molecule has 0 heterocycles. The van der Waals surface area contributed by atoms with Crippen LogP contribution in [0.5, 0.6) is 0 Å². The van der Waals surface area contributed by atoms with E-state index in [1.165, 1.54) is 31.2 Å². The highest BCUT2D eigenvalue weighted by molar-refractivity contribution is 9.10. The fraction of sp³-hybridized carbons (Fsp3) is 0.111. The van der Waals surface area contributed by atoms with Crippen LogP contribution in [0.2, 0.25) is 0 Å². The first kappa shape index (κ1) is 17.1. The van der Waals surface area contributed by atoms with Gasteiger partial charge in [-0.15, -0.1) is 0 Å². The SMILES string of the molecule is CC(=O)C(=Cc1ccc(F)cc1Br)C(=O)OCc1ccccc1. The van der Waals surface area contributed by atoms with Gasteiger partial charge in [0.2, 0.25) is 0 Å². The van der Waals surface area contributed by atoms with Gasteiger partial charge in [0, 0.05) is 4.47 Å². The number of halogens is 2. The molecule has 0 atom stereocenters. The highest BCUT2D eigenvalue weighted by Gasteiger charge is 2.17. The topological polar surface area (TPSA) is 43.4 Å². The number of esters is 1. The van der Waals surface area contributed by atoms with Crippen molar-refractivity contribution in [2.75, 3.05) is 0 Å². The van der Waals surface area contributed by atoms with Crippen LogP contribution >= 0.6 is 15.9 Å². The molecule has 0 saturated carbocycles. The van der Waals surface area contributed by atoms with Gasteiger partial charge in [-0.05, 0) is 36.3 Å². The third-order valence-corrected chi connectivity index (χ3v) is 3.76. The third kappa shape index (κ3) is 4.86. The standard InChI is InChI=1S/C18H14BrFO3/c1-12(21)16(9-14-7-8-15(20)10-17(14)19)18(22)23-11-13-5-3-2-4-6-13/h2-10H,11H2,1H3. The van der Waals surface area contributed by atoms with Gasteiger partial charge < -0.3 is 4.74 Å². The van der Waals surface area contributed by atoms with E-state index in [-0.39, 0.29) is 12.2 Å². The van der Waals surface area contributed by atoms with Crippen molar-refractivity contribution in [1.82, 2.24) is 0 Å². The number of Topliss-reactive ketones (excluding diaryl/α,β-unsaturated/α-hetero) is 1. The average Bonchev–Trinajstić information content (AvgIpc) is 2.52. The molecule has 2 aromatic carbocycles. The Morgan fingerprint density at radius 3 is 2.48 bits per heavy atom. The lowest BCUT2D eigenvalue weighted by atomic mass is 10.1. The lowest BCUT2D eigenvalue weighted by molar-refractivity contribution is -0.141. The minimum absolute atomic E-state index is 0.0783. The maximum Gasteiger partial charge on any atom is 0.342 e. The summed E-state index contributed by atoms with van der Waals surface area (Å²) in [5.74, 6) is -1.54. The number of carbonyl (C=O) groups is 2. The van der Waals surface area contributed by atoms with Crippen LogP contribution in [0, 0.1) is 5.82 Å². The van der Waals surface area contributed by atoms with Gasteiger partial charge in [-0.3, -0.25) is 4.79 Å². The van der Waals surface area contributed by atoms with Crippen LogP contribution in [0.1, 0.15) is 18.1 Å². The first-order chi connectivity index (χ1) is 11.0. The van der Waals surface area contributed by atoms with Crippen LogP contribution in [-0.2, 0) is 20.9 Å². The van der Waals surface area contributed by atoms with E-state index < -0.39 is 17.6 Å². The fourth-order valence-corrected chi connectivity index (χ4v) is 2.34. The molecule has 0 aliphatic heterocycles. The highest BCUT2D eigenvalue weighted by Crippen LogP contribution is 2.21. The number of ketones is 1. The Morgan fingerprint density at radius 2 is 1.87 bits per heavy atom. The number of carbonyl (C=O) groups excluding carboxylic acids is 2. The van der Waals surface area contributed by atoms with Gasteiger partial charge in [-0.2, -0.15) is 0 Å². The second-order valence-electron chi connectivity index (χ2n) is 4.84. The minimum atomic E-state index is -0.711. The Kier molecular flexibility index (Phi) is 5.82. The molecule has 0 aliphatic rings. The van der Waals surface area contributed by atoms with Crippen LogP contribution in [0.3, 0.4) is 0 Å². The molecule has 0 saturated heterocycles. The summed E-state index contributed by atoms with van der Waals surface area (Å²) in [5, 5.41) is 0. The monoisotopic (exact) mass is 376 g/mol. The van der Waals surface area contributed by atoms with Crippen molar-refractivity contribution < 1.29 is 18.7 Å². The van der Waals surface area contributed by atoms with Crippen LogP contribution in [-0.4, -0.2) is 11.8 Å². The molecule has 5 heteroatoms. The van der Waals surface area contributed by atoms with Crippen molar-refractivity contribution in [3.63, 3.8) is 0 Å². The Labute approximate surface area is 141 Å². The average molecular weight is 377 g/mol. The zero-order valence-corrected chi connectivity index (χ0v) is 14.0. The van der Waals surface area contributed by atoms with Gasteiger partial charge in [-0.25, -0.2) is 9.18 Å². The van der Waals surface area contributed by atoms with E-state index in [1.54, 1.807) is 0 Å². The van der Waals surface area contributed by atoms with Crippen molar-refractivity contribution in [3.8, 4) is 0 Å².